The zero-order valence-corrected chi connectivity index (χ0v) is 28.4. The first-order valence-electron chi connectivity index (χ1n) is 14.5. The van der Waals surface area contributed by atoms with Gasteiger partial charge in [-0.2, -0.15) is 0 Å². The van der Waals surface area contributed by atoms with Crippen LogP contribution in [0.2, 0.25) is 0 Å². The molecule has 3 N–H and O–H groups in total. The number of hydrogen-bond acceptors (Lipinski definition) is 4. The Hall–Kier alpha value is -0.777. The second-order valence-corrected chi connectivity index (χ2v) is 10.6. The van der Waals surface area contributed by atoms with E-state index in [1.807, 2.05) is 6.07 Å². The normalized spacial score (nSPS) is 10.2. The first kappa shape index (κ1) is 38.4. The summed E-state index contributed by atoms with van der Waals surface area (Å²) in [5.41, 5.74) is 7.97. The Morgan fingerprint density at radius 2 is 1.05 bits per heavy atom. The second kappa shape index (κ2) is 28.2. The molecule has 0 heterocycles. The molecule has 4 nitrogen and oxygen atoms in total. The first-order chi connectivity index (χ1) is 17.4. The smallest absolute Gasteiger partial charge is 0.852 e. The monoisotopic (exact) mass is 600 g/mol. The van der Waals surface area contributed by atoms with E-state index in [2.05, 4.69) is 49.2 Å². The van der Waals surface area contributed by atoms with Gasteiger partial charge in [0, 0.05) is 16.0 Å². The van der Waals surface area contributed by atoms with E-state index in [1.54, 1.807) is 0 Å². The van der Waals surface area contributed by atoms with E-state index in [1.165, 1.54) is 127 Å². The van der Waals surface area contributed by atoms with Gasteiger partial charge in [-0.1, -0.05) is 153 Å². The van der Waals surface area contributed by atoms with Crippen molar-refractivity contribution in [1.82, 2.24) is 0 Å². The van der Waals surface area contributed by atoms with E-state index in [0.29, 0.717) is 0 Å². The van der Waals surface area contributed by atoms with Gasteiger partial charge < -0.3 is 21.3 Å². The molecular weight excluding hydrogens is 550 g/mol. The van der Waals surface area contributed by atoms with Crippen LogP contribution in [0.3, 0.4) is 0 Å². The van der Waals surface area contributed by atoms with Crippen LogP contribution in [-0.4, -0.2) is 10.3 Å². The largest absolute Gasteiger partial charge is 2.00 e. The zero-order valence-electron chi connectivity index (χ0n) is 23.8. The van der Waals surface area contributed by atoms with Gasteiger partial charge in [-0.25, -0.2) is 0 Å². The Bertz CT molecular complexity index is 686. The fraction of sp³-hybridized carbons (Fsp3) is 0.733. The summed E-state index contributed by atoms with van der Waals surface area (Å²) in [6, 6.07) is 6.35. The van der Waals surface area contributed by atoms with Gasteiger partial charge in [0.05, 0.1) is 0 Å². The summed E-state index contributed by atoms with van der Waals surface area (Å²) in [4.78, 5) is 0. The molecule has 0 atom stereocenters. The minimum atomic E-state index is -0.750. The molecule has 1 rings (SSSR count). The van der Waals surface area contributed by atoms with Crippen LogP contribution in [-0.2, 0) is 32.3 Å². The minimum Gasteiger partial charge on any atom is -0.852 e. The molecule has 0 saturated heterocycles. The van der Waals surface area contributed by atoms with Crippen molar-refractivity contribution in [2.75, 3.05) is 5.32 Å². The van der Waals surface area contributed by atoms with Crippen molar-refractivity contribution < 1.29 is 29.7 Å². The van der Waals surface area contributed by atoms with Crippen molar-refractivity contribution in [2.45, 2.75) is 142 Å². The van der Waals surface area contributed by atoms with E-state index >= 15 is 0 Å². The van der Waals surface area contributed by atoms with Gasteiger partial charge in [0.2, 0.25) is 0 Å². The van der Waals surface area contributed by atoms with Crippen molar-refractivity contribution in [3.05, 3.63) is 29.3 Å². The summed E-state index contributed by atoms with van der Waals surface area (Å²) in [5.74, 6) is 0. The summed E-state index contributed by atoms with van der Waals surface area (Å²) in [6.45, 7) is 4.55. The van der Waals surface area contributed by atoms with E-state index in [4.69, 9.17) is 17.3 Å². The number of anilines is 1. The Balaban J connectivity index is 0. The third kappa shape index (κ3) is 25.3. The van der Waals surface area contributed by atoms with Crippen LogP contribution >= 0.6 is 24.4 Å². The molecule has 0 saturated carbocycles. The average Bonchev–Trinajstić information content (AvgIpc) is 2.82. The van der Waals surface area contributed by atoms with Gasteiger partial charge in [0.1, 0.15) is 0 Å². The fourth-order valence-electron chi connectivity index (χ4n) is 4.63. The molecule has 0 aliphatic rings. The molecule has 208 valence electrons. The molecule has 0 unspecified atom stereocenters. The van der Waals surface area contributed by atoms with Gasteiger partial charge in [0.15, 0.2) is 0 Å². The molecule has 1 aromatic carbocycles. The minimum absolute atomic E-state index is 0. The second-order valence-electron chi connectivity index (χ2n) is 9.83. The molecule has 0 spiro atoms. The predicted octanol–water partition coefficient (Wildman–Crippen LogP) is 7.48. The maximum absolute atomic E-state index is 11.5. The molecule has 37 heavy (non-hydrogen) atoms. The molecule has 7 heteroatoms. The van der Waals surface area contributed by atoms with Crippen LogP contribution in [0.4, 0.5) is 5.69 Å². The van der Waals surface area contributed by atoms with Crippen molar-refractivity contribution in [3.8, 4) is 0 Å². The number of benzene rings is 1. The molecule has 0 radical (unpaired) electrons. The summed E-state index contributed by atoms with van der Waals surface area (Å²) in [7, 11) is 0. The van der Waals surface area contributed by atoms with Crippen LogP contribution in [0.5, 0.6) is 0 Å². The Morgan fingerprint density at radius 3 is 1.46 bits per heavy atom. The van der Waals surface area contributed by atoms with Gasteiger partial charge >= 0.3 is 19.5 Å². The zero-order chi connectivity index (χ0) is 26.9. The van der Waals surface area contributed by atoms with Gasteiger partial charge in [-0.15, -0.1) is 0 Å². The number of aryl methyl sites for hydroxylation is 1. The van der Waals surface area contributed by atoms with Gasteiger partial charge in [-0.3, -0.25) is 0 Å². The molecular formula is C30H52N2O2S2Zn. The van der Waals surface area contributed by atoms with Crippen LogP contribution in [0, 0.1) is 0 Å². The number of thiocarbonyl (C=S) groups is 2. The SMILES string of the molecule is CCCCCCCCCCCc1cccc(NC([O-])=S)c1CCCCCCCCCCC.NC([O-])=S.[Zn+2]. The Morgan fingerprint density at radius 1 is 0.676 bits per heavy atom. The van der Waals surface area contributed by atoms with Crippen molar-refractivity contribution in [1.29, 1.82) is 0 Å². The molecule has 0 bridgehead atoms. The van der Waals surface area contributed by atoms with Crippen LogP contribution in [0.15, 0.2) is 18.2 Å². The number of unbranched alkanes of at least 4 members (excludes halogenated alkanes) is 16. The Kier molecular flexibility index (Phi) is 29.3. The van der Waals surface area contributed by atoms with Crippen molar-refractivity contribution >= 4 is 40.5 Å². The van der Waals surface area contributed by atoms with Gasteiger partial charge in [-0.05, 0) is 42.9 Å². The van der Waals surface area contributed by atoms with E-state index in [-0.39, 0.29) is 24.7 Å². The summed E-state index contributed by atoms with van der Waals surface area (Å²) in [6.07, 6.45) is 26.4. The quantitative estimate of drug-likeness (QED) is 0.0863. The third-order valence-corrected chi connectivity index (χ3v) is 6.69. The van der Waals surface area contributed by atoms with E-state index in [9.17, 15) is 5.11 Å². The average molecular weight is 602 g/mol. The first-order valence-corrected chi connectivity index (χ1v) is 15.3. The van der Waals surface area contributed by atoms with E-state index in [0.717, 1.165) is 18.5 Å². The summed E-state index contributed by atoms with van der Waals surface area (Å²) in [5, 5.41) is 22.3. The van der Waals surface area contributed by atoms with Crippen LogP contribution in [0.25, 0.3) is 0 Å². The van der Waals surface area contributed by atoms with Crippen molar-refractivity contribution in [3.63, 3.8) is 0 Å². The molecule has 0 aliphatic heterocycles. The molecule has 0 fully saturated rings. The fourth-order valence-corrected chi connectivity index (χ4v) is 4.74. The van der Waals surface area contributed by atoms with Gasteiger partial charge in [0.25, 0.3) is 0 Å². The standard InChI is InChI=1S/C29H51NOS.CH3NOS.Zn/c1-3-5-7-9-11-13-15-17-19-22-26-23-21-25-28(30-29(31)32)27(26)24-20-18-16-14-12-10-8-6-4-2;2-1(3)4;/h21,23,25H,3-20,22,24H2,1-2H3,(H2,30,31,32);(H3,2,3,4);/q;;+2/p-2. The van der Waals surface area contributed by atoms with E-state index < -0.39 is 5.17 Å². The topological polar surface area (TPSA) is 84.2 Å². The predicted molar refractivity (Wildman–Crippen MR) is 161 cm³/mol. The maximum atomic E-state index is 11.5. The number of nitrogens with two attached hydrogens (primary N) is 1. The maximum Gasteiger partial charge on any atom is 2.00 e. The van der Waals surface area contributed by atoms with Crippen molar-refractivity contribution in [2.24, 2.45) is 5.73 Å². The number of hydrogen-bond donors (Lipinski definition) is 2. The molecule has 1 aromatic rings. The summed E-state index contributed by atoms with van der Waals surface area (Å²) < 4.78 is 0. The third-order valence-electron chi connectivity index (χ3n) is 6.59. The molecule has 0 aromatic heterocycles. The summed E-state index contributed by atoms with van der Waals surface area (Å²) >= 11 is 8.56. The number of rotatable bonds is 21. The van der Waals surface area contributed by atoms with Crippen LogP contribution < -0.4 is 21.3 Å². The number of nitrogens with one attached hydrogen (secondary N) is 1. The Labute approximate surface area is 251 Å². The molecule has 0 aliphatic carbocycles. The van der Waals surface area contributed by atoms with Crippen LogP contribution in [0.1, 0.15) is 141 Å². The molecule has 0 amide bonds.